The van der Waals surface area contributed by atoms with Gasteiger partial charge in [-0.15, -0.1) is 4.40 Å². The molecular weight excluding hydrogens is 458 g/mol. The van der Waals surface area contributed by atoms with Crippen molar-refractivity contribution < 1.29 is 18.0 Å². The Labute approximate surface area is 196 Å². The Morgan fingerprint density at radius 1 is 0.939 bits per heavy atom. The standard InChI is InChI=1S/C24H21N3O4S2/c1-17(28)19-11-13-20(14-12-19)25-23(29)16-32-24-26-33(30,31)22-10-6-5-9-21(22)27(24)15-18-7-3-2-4-8-18/h2-14H,15-16H2,1H3,(H,25,29). The van der Waals surface area contributed by atoms with E-state index in [-0.39, 0.29) is 27.5 Å². The molecule has 0 unspecified atom stereocenters. The molecule has 3 aromatic rings. The fraction of sp³-hybridized carbons (Fsp3) is 0.125. The van der Waals surface area contributed by atoms with Crippen molar-refractivity contribution in [3.05, 3.63) is 90.0 Å². The monoisotopic (exact) mass is 479 g/mol. The largest absolute Gasteiger partial charge is 0.325 e. The Kier molecular flexibility index (Phi) is 6.62. The fourth-order valence-electron chi connectivity index (χ4n) is 3.34. The number of benzene rings is 3. The van der Waals surface area contributed by atoms with E-state index in [0.29, 0.717) is 23.5 Å². The topological polar surface area (TPSA) is 95.9 Å². The maximum absolute atomic E-state index is 12.7. The zero-order valence-electron chi connectivity index (χ0n) is 17.8. The lowest BCUT2D eigenvalue weighted by atomic mass is 10.1. The Bertz CT molecular complexity index is 1320. The van der Waals surface area contributed by atoms with Crippen molar-refractivity contribution in [1.29, 1.82) is 0 Å². The number of thioether (sulfide) groups is 1. The lowest BCUT2D eigenvalue weighted by molar-refractivity contribution is -0.113. The molecule has 1 aliphatic rings. The van der Waals surface area contributed by atoms with E-state index in [1.807, 2.05) is 35.2 Å². The van der Waals surface area contributed by atoms with Gasteiger partial charge in [0.05, 0.1) is 18.0 Å². The van der Waals surface area contributed by atoms with E-state index < -0.39 is 10.0 Å². The summed E-state index contributed by atoms with van der Waals surface area (Å²) in [6.07, 6.45) is 0. The second-order valence-corrected chi connectivity index (χ2v) is 9.87. The minimum absolute atomic E-state index is 0.0315. The molecule has 0 aliphatic carbocycles. The van der Waals surface area contributed by atoms with Crippen LogP contribution in [0, 0.1) is 0 Å². The van der Waals surface area contributed by atoms with Gasteiger partial charge in [0.2, 0.25) is 5.91 Å². The summed E-state index contributed by atoms with van der Waals surface area (Å²) in [7, 11) is -3.87. The first-order valence-corrected chi connectivity index (χ1v) is 12.6. The summed E-state index contributed by atoms with van der Waals surface area (Å²) in [5.74, 6) is -0.399. The number of carbonyl (C=O) groups is 2. The molecule has 0 aromatic heterocycles. The van der Waals surface area contributed by atoms with Gasteiger partial charge in [-0.05, 0) is 48.9 Å². The summed E-state index contributed by atoms with van der Waals surface area (Å²) < 4.78 is 29.5. The average Bonchev–Trinajstić information content (AvgIpc) is 2.81. The molecule has 0 bridgehead atoms. The Morgan fingerprint density at radius 3 is 2.30 bits per heavy atom. The van der Waals surface area contributed by atoms with E-state index >= 15 is 0 Å². The van der Waals surface area contributed by atoms with Gasteiger partial charge in [0.1, 0.15) is 4.90 Å². The number of para-hydroxylation sites is 1. The number of hydrogen-bond acceptors (Lipinski definition) is 6. The molecule has 1 N–H and O–H groups in total. The first-order chi connectivity index (χ1) is 15.8. The first-order valence-electron chi connectivity index (χ1n) is 10.1. The molecule has 0 saturated carbocycles. The number of nitrogens with one attached hydrogen (secondary N) is 1. The van der Waals surface area contributed by atoms with Gasteiger partial charge in [-0.1, -0.05) is 54.2 Å². The van der Waals surface area contributed by atoms with Crippen molar-refractivity contribution in [3.63, 3.8) is 0 Å². The Morgan fingerprint density at radius 2 is 1.61 bits per heavy atom. The van der Waals surface area contributed by atoms with Crippen LogP contribution in [0.3, 0.4) is 0 Å². The minimum atomic E-state index is -3.87. The van der Waals surface area contributed by atoms with Gasteiger partial charge in [-0.25, -0.2) is 0 Å². The number of fused-ring (bicyclic) bond motifs is 1. The molecule has 9 heteroatoms. The third-order valence-corrected chi connectivity index (χ3v) is 7.36. The van der Waals surface area contributed by atoms with Crippen LogP contribution < -0.4 is 10.2 Å². The van der Waals surface area contributed by atoms with Crippen LogP contribution in [0.15, 0.2) is 88.2 Å². The van der Waals surface area contributed by atoms with E-state index in [4.69, 9.17) is 0 Å². The zero-order valence-corrected chi connectivity index (χ0v) is 19.4. The summed E-state index contributed by atoms with van der Waals surface area (Å²) in [5, 5.41) is 2.99. The molecule has 7 nitrogen and oxygen atoms in total. The molecule has 168 valence electrons. The average molecular weight is 480 g/mol. The van der Waals surface area contributed by atoms with Crippen LogP contribution in [0.25, 0.3) is 0 Å². The number of ketones is 1. The minimum Gasteiger partial charge on any atom is -0.325 e. The molecule has 3 aromatic carbocycles. The van der Waals surface area contributed by atoms with Crippen LogP contribution in [-0.4, -0.2) is 31.0 Å². The smallest absolute Gasteiger partial charge is 0.286 e. The highest BCUT2D eigenvalue weighted by Gasteiger charge is 2.31. The molecule has 0 atom stereocenters. The second kappa shape index (κ2) is 9.60. The lowest BCUT2D eigenvalue weighted by Crippen LogP contribution is -2.34. The third-order valence-electron chi connectivity index (χ3n) is 4.95. The Hall–Kier alpha value is -3.43. The number of amidine groups is 1. The quantitative estimate of drug-likeness (QED) is 0.529. The molecule has 0 fully saturated rings. The Balaban J connectivity index is 1.53. The van der Waals surface area contributed by atoms with Crippen LogP contribution in [-0.2, 0) is 21.4 Å². The summed E-state index contributed by atoms with van der Waals surface area (Å²) >= 11 is 1.06. The fourth-order valence-corrected chi connectivity index (χ4v) is 5.59. The van der Waals surface area contributed by atoms with Crippen molar-refractivity contribution in [2.75, 3.05) is 16.0 Å². The summed E-state index contributed by atoms with van der Waals surface area (Å²) in [6, 6.07) is 22.9. The SMILES string of the molecule is CC(=O)c1ccc(NC(=O)CSC2=NS(=O)(=O)c3ccccc3N2Cc2ccccc2)cc1. The lowest BCUT2D eigenvalue weighted by Gasteiger charge is -2.30. The number of anilines is 2. The van der Waals surface area contributed by atoms with E-state index in [1.165, 1.54) is 13.0 Å². The molecule has 0 radical (unpaired) electrons. The van der Waals surface area contributed by atoms with Crippen molar-refractivity contribution in [2.45, 2.75) is 18.4 Å². The molecule has 1 aliphatic heterocycles. The maximum atomic E-state index is 12.7. The molecule has 1 heterocycles. The normalized spacial score (nSPS) is 14.2. The van der Waals surface area contributed by atoms with Gasteiger partial charge in [0, 0.05) is 11.3 Å². The summed E-state index contributed by atoms with van der Waals surface area (Å²) in [6.45, 7) is 1.88. The molecule has 33 heavy (non-hydrogen) atoms. The van der Waals surface area contributed by atoms with Crippen LogP contribution in [0.5, 0.6) is 0 Å². The van der Waals surface area contributed by atoms with Crippen molar-refractivity contribution in [3.8, 4) is 0 Å². The number of carbonyl (C=O) groups excluding carboxylic acids is 2. The number of Topliss-reactive ketones (excluding diaryl/α,β-unsaturated/α-hetero) is 1. The van der Waals surface area contributed by atoms with Crippen molar-refractivity contribution in [2.24, 2.45) is 4.40 Å². The second-order valence-electron chi connectivity index (χ2n) is 7.36. The highest BCUT2D eigenvalue weighted by Crippen LogP contribution is 2.35. The zero-order chi connectivity index (χ0) is 23.4. The van der Waals surface area contributed by atoms with Gasteiger partial charge in [-0.2, -0.15) is 8.42 Å². The highest BCUT2D eigenvalue weighted by atomic mass is 32.2. The molecule has 4 rings (SSSR count). The number of amides is 1. The number of rotatable bonds is 6. The van der Waals surface area contributed by atoms with Gasteiger partial charge in [-0.3, -0.25) is 9.59 Å². The summed E-state index contributed by atoms with van der Waals surface area (Å²) in [5.41, 5.74) is 2.61. The van der Waals surface area contributed by atoms with Crippen LogP contribution in [0.2, 0.25) is 0 Å². The number of nitrogens with zero attached hydrogens (tertiary/aromatic N) is 2. The predicted molar refractivity (Wildman–Crippen MR) is 131 cm³/mol. The molecule has 1 amide bonds. The first kappa shape index (κ1) is 22.8. The van der Waals surface area contributed by atoms with E-state index in [1.54, 1.807) is 42.5 Å². The molecular formula is C24H21N3O4S2. The predicted octanol–water partition coefficient (Wildman–Crippen LogP) is 4.33. The van der Waals surface area contributed by atoms with Crippen LogP contribution >= 0.6 is 11.8 Å². The van der Waals surface area contributed by atoms with E-state index in [9.17, 15) is 18.0 Å². The summed E-state index contributed by atoms with van der Waals surface area (Å²) in [4.78, 5) is 25.9. The van der Waals surface area contributed by atoms with Gasteiger partial charge < -0.3 is 10.2 Å². The molecule has 0 spiro atoms. The van der Waals surface area contributed by atoms with Gasteiger partial charge in [0.15, 0.2) is 11.0 Å². The van der Waals surface area contributed by atoms with Gasteiger partial charge in [0.25, 0.3) is 10.0 Å². The van der Waals surface area contributed by atoms with Gasteiger partial charge >= 0.3 is 0 Å². The molecule has 0 saturated heterocycles. The van der Waals surface area contributed by atoms with Crippen LogP contribution in [0.4, 0.5) is 11.4 Å². The maximum Gasteiger partial charge on any atom is 0.286 e. The van der Waals surface area contributed by atoms with E-state index in [2.05, 4.69) is 9.71 Å². The van der Waals surface area contributed by atoms with Crippen molar-refractivity contribution >= 4 is 50.0 Å². The third kappa shape index (κ3) is 5.32. The van der Waals surface area contributed by atoms with E-state index in [0.717, 1.165) is 17.3 Å². The van der Waals surface area contributed by atoms with Crippen molar-refractivity contribution in [1.82, 2.24) is 0 Å². The number of sulfonamides is 1. The number of hydrogen-bond donors (Lipinski definition) is 1. The highest BCUT2D eigenvalue weighted by molar-refractivity contribution is 8.15. The van der Waals surface area contributed by atoms with Crippen LogP contribution in [0.1, 0.15) is 22.8 Å².